The van der Waals surface area contributed by atoms with Crippen LogP contribution in [0.3, 0.4) is 0 Å². The number of anilines is 1. The number of hydrogen-bond acceptors (Lipinski definition) is 5. The van der Waals surface area contributed by atoms with Crippen molar-refractivity contribution >= 4 is 21.6 Å². The first-order valence-corrected chi connectivity index (χ1v) is 13.0. The Kier molecular flexibility index (Phi) is 7.10. The van der Waals surface area contributed by atoms with Gasteiger partial charge in [-0.2, -0.15) is 4.31 Å². The van der Waals surface area contributed by atoms with E-state index in [2.05, 4.69) is 15.2 Å². The zero-order chi connectivity index (χ0) is 22.6. The van der Waals surface area contributed by atoms with Gasteiger partial charge in [-0.15, -0.1) is 0 Å². The largest absolute Gasteiger partial charge is 0.370 e. The molecule has 2 aliphatic heterocycles. The van der Waals surface area contributed by atoms with Crippen LogP contribution in [-0.4, -0.2) is 49.8 Å². The highest BCUT2D eigenvalue weighted by Gasteiger charge is 2.31. The van der Waals surface area contributed by atoms with Crippen molar-refractivity contribution in [2.24, 2.45) is 0 Å². The van der Waals surface area contributed by atoms with Gasteiger partial charge >= 0.3 is 0 Å². The van der Waals surface area contributed by atoms with Gasteiger partial charge < -0.3 is 10.2 Å². The van der Waals surface area contributed by atoms with Crippen LogP contribution in [0.25, 0.3) is 0 Å². The van der Waals surface area contributed by atoms with E-state index in [4.69, 9.17) is 0 Å². The van der Waals surface area contributed by atoms with Crippen LogP contribution >= 0.6 is 0 Å². The summed E-state index contributed by atoms with van der Waals surface area (Å²) in [7, 11) is -3.68. The summed E-state index contributed by atoms with van der Waals surface area (Å²) in [6.45, 7) is 4.62. The summed E-state index contributed by atoms with van der Waals surface area (Å²) in [4.78, 5) is 19.7. The van der Waals surface area contributed by atoms with Gasteiger partial charge in [0, 0.05) is 37.9 Å². The molecule has 2 aromatic rings. The van der Waals surface area contributed by atoms with Crippen LogP contribution in [0.15, 0.2) is 47.5 Å². The van der Waals surface area contributed by atoms with Crippen molar-refractivity contribution in [2.45, 2.75) is 56.4 Å². The molecule has 0 saturated carbocycles. The van der Waals surface area contributed by atoms with Crippen LogP contribution in [0, 0.1) is 0 Å². The van der Waals surface area contributed by atoms with Gasteiger partial charge in [0.1, 0.15) is 4.90 Å². The van der Waals surface area contributed by atoms with E-state index in [1.54, 1.807) is 22.6 Å². The molecule has 4 rings (SSSR count). The van der Waals surface area contributed by atoms with Crippen molar-refractivity contribution in [1.82, 2.24) is 14.6 Å². The Balaban J connectivity index is 1.65. The van der Waals surface area contributed by atoms with E-state index >= 15 is 0 Å². The predicted molar refractivity (Wildman–Crippen MR) is 125 cm³/mol. The minimum absolute atomic E-state index is 0.249. The highest BCUT2D eigenvalue weighted by atomic mass is 32.2. The lowest BCUT2D eigenvalue weighted by Crippen LogP contribution is -2.38. The molecule has 3 heterocycles. The van der Waals surface area contributed by atoms with E-state index < -0.39 is 10.0 Å². The van der Waals surface area contributed by atoms with Gasteiger partial charge in [-0.1, -0.05) is 12.5 Å². The number of hydrogen-bond donors (Lipinski definition) is 1. The number of carbonyl (C=O) groups excluding carboxylic acids is 1. The number of nitrogens with one attached hydrogen (secondary N) is 1. The lowest BCUT2D eigenvalue weighted by atomic mass is 10.1. The number of carbonyl (C=O) groups is 1. The molecule has 1 aromatic heterocycles. The lowest BCUT2D eigenvalue weighted by molar-refractivity contribution is 0.0939. The third kappa shape index (κ3) is 4.96. The number of amides is 1. The molecule has 0 spiro atoms. The first-order chi connectivity index (χ1) is 15.5. The summed E-state index contributed by atoms with van der Waals surface area (Å²) >= 11 is 0. The lowest BCUT2D eigenvalue weighted by Gasteiger charge is -2.33. The molecule has 0 bridgehead atoms. The second-order valence-corrected chi connectivity index (χ2v) is 10.6. The number of piperidine rings is 2. The number of nitrogens with zero attached hydrogens (tertiary/aromatic N) is 3. The van der Waals surface area contributed by atoms with Crippen LogP contribution in [-0.2, 0) is 10.0 Å². The van der Waals surface area contributed by atoms with E-state index in [-0.39, 0.29) is 16.8 Å². The van der Waals surface area contributed by atoms with E-state index in [1.807, 2.05) is 31.2 Å². The van der Waals surface area contributed by atoms with Gasteiger partial charge in [0.2, 0.25) is 10.0 Å². The highest BCUT2D eigenvalue weighted by Crippen LogP contribution is 2.32. The molecule has 2 aliphatic rings. The maximum atomic E-state index is 13.6. The zero-order valence-electron chi connectivity index (χ0n) is 18.7. The number of rotatable bonds is 6. The molecule has 2 fully saturated rings. The SMILES string of the molecule is CC(NC(=O)c1ccc(N2CCCCC2)c(S(=O)(=O)N2CCCCC2)c1)c1ccccn1. The molecule has 1 amide bonds. The van der Waals surface area contributed by atoms with Gasteiger partial charge in [0.25, 0.3) is 5.91 Å². The maximum absolute atomic E-state index is 13.6. The number of sulfonamides is 1. The molecule has 0 radical (unpaired) electrons. The monoisotopic (exact) mass is 456 g/mol. The summed E-state index contributed by atoms with van der Waals surface area (Å²) in [6, 6.07) is 10.4. The van der Waals surface area contributed by atoms with E-state index in [1.165, 1.54) is 0 Å². The Labute approximate surface area is 190 Å². The Morgan fingerprint density at radius 3 is 2.31 bits per heavy atom. The average molecular weight is 457 g/mol. The Hall–Kier alpha value is -2.45. The van der Waals surface area contributed by atoms with Crippen molar-refractivity contribution in [1.29, 1.82) is 0 Å². The van der Waals surface area contributed by atoms with Gasteiger partial charge in [0.05, 0.1) is 17.4 Å². The first kappa shape index (κ1) is 22.7. The third-order valence-corrected chi connectivity index (χ3v) is 8.26. The van der Waals surface area contributed by atoms with E-state index in [0.29, 0.717) is 24.3 Å². The summed E-state index contributed by atoms with van der Waals surface area (Å²) in [5, 5.41) is 2.95. The normalized spacial score (nSPS) is 18.8. The van der Waals surface area contributed by atoms with Gasteiger partial charge in [0.15, 0.2) is 0 Å². The smallest absolute Gasteiger partial charge is 0.251 e. The summed E-state index contributed by atoms with van der Waals surface area (Å²) in [5.74, 6) is -0.302. The molecule has 7 nitrogen and oxygen atoms in total. The summed E-state index contributed by atoms with van der Waals surface area (Å²) in [5.41, 5.74) is 1.82. The van der Waals surface area contributed by atoms with Crippen molar-refractivity contribution in [2.75, 3.05) is 31.1 Å². The second-order valence-electron chi connectivity index (χ2n) is 8.64. The van der Waals surface area contributed by atoms with E-state index in [9.17, 15) is 13.2 Å². The Bertz CT molecular complexity index is 1030. The molecule has 172 valence electrons. The minimum Gasteiger partial charge on any atom is -0.370 e. The van der Waals surface area contributed by atoms with Crippen LogP contribution < -0.4 is 10.2 Å². The fourth-order valence-electron chi connectivity index (χ4n) is 4.49. The molecular weight excluding hydrogens is 424 g/mol. The average Bonchev–Trinajstić information content (AvgIpc) is 2.85. The van der Waals surface area contributed by atoms with Crippen molar-refractivity contribution in [3.8, 4) is 0 Å². The second kappa shape index (κ2) is 10.0. The number of benzene rings is 1. The van der Waals surface area contributed by atoms with Crippen LogP contribution in [0.4, 0.5) is 5.69 Å². The molecule has 1 unspecified atom stereocenters. The molecule has 0 aliphatic carbocycles. The number of pyridine rings is 1. The van der Waals surface area contributed by atoms with Gasteiger partial charge in [-0.3, -0.25) is 9.78 Å². The third-order valence-electron chi connectivity index (χ3n) is 6.33. The van der Waals surface area contributed by atoms with Crippen molar-refractivity contribution in [3.63, 3.8) is 0 Å². The fraction of sp³-hybridized carbons (Fsp3) is 0.500. The van der Waals surface area contributed by atoms with Crippen molar-refractivity contribution < 1.29 is 13.2 Å². The van der Waals surface area contributed by atoms with Crippen LogP contribution in [0.2, 0.25) is 0 Å². The number of aromatic nitrogens is 1. The first-order valence-electron chi connectivity index (χ1n) is 11.6. The maximum Gasteiger partial charge on any atom is 0.251 e. The van der Waals surface area contributed by atoms with Crippen molar-refractivity contribution in [3.05, 3.63) is 53.9 Å². The molecule has 8 heteroatoms. The molecular formula is C24H32N4O3S. The predicted octanol–water partition coefficient (Wildman–Crippen LogP) is 3.74. The minimum atomic E-state index is -3.68. The van der Waals surface area contributed by atoms with Gasteiger partial charge in [-0.05, 0) is 69.4 Å². The molecule has 1 aromatic carbocycles. The van der Waals surface area contributed by atoms with Crippen LogP contribution in [0.5, 0.6) is 0 Å². The quantitative estimate of drug-likeness (QED) is 0.716. The molecule has 32 heavy (non-hydrogen) atoms. The molecule has 1 N–H and O–H groups in total. The summed E-state index contributed by atoms with van der Waals surface area (Å²) < 4.78 is 28.8. The molecule has 2 saturated heterocycles. The highest BCUT2D eigenvalue weighted by molar-refractivity contribution is 7.89. The zero-order valence-corrected chi connectivity index (χ0v) is 19.5. The van der Waals surface area contributed by atoms with E-state index in [0.717, 1.165) is 57.3 Å². The Morgan fingerprint density at radius 1 is 0.969 bits per heavy atom. The standard InChI is InChI=1S/C24H32N4O3S/c1-19(21-10-4-5-13-25-21)26-24(29)20-11-12-22(27-14-6-2-7-15-27)23(18-20)32(30,31)28-16-8-3-9-17-28/h4-5,10-13,18-19H,2-3,6-9,14-17H2,1H3,(H,26,29). The van der Waals surface area contributed by atoms with Gasteiger partial charge in [-0.25, -0.2) is 8.42 Å². The van der Waals surface area contributed by atoms with Crippen LogP contribution in [0.1, 0.15) is 67.5 Å². The topological polar surface area (TPSA) is 82.6 Å². The molecule has 1 atom stereocenters. The summed E-state index contributed by atoms with van der Waals surface area (Å²) in [6.07, 6.45) is 7.75. The fourth-order valence-corrected chi connectivity index (χ4v) is 6.24. The Morgan fingerprint density at radius 2 is 1.66 bits per heavy atom.